The number of sulfonamides is 1. The molecule has 1 unspecified atom stereocenters. The largest absolute Gasteiger partial charge is 0.336 e. The summed E-state index contributed by atoms with van der Waals surface area (Å²) in [6, 6.07) is 5.07. The number of amides is 1. The number of hydrogen-bond acceptors (Lipinski definition) is 4. The van der Waals surface area contributed by atoms with Crippen LogP contribution in [0.5, 0.6) is 0 Å². The molecule has 142 valence electrons. The molecular formula is C17H28ClN3O3S. The Morgan fingerprint density at radius 2 is 1.96 bits per heavy atom. The summed E-state index contributed by atoms with van der Waals surface area (Å²) in [5.74, 6) is -0.0996. The van der Waals surface area contributed by atoms with Crippen molar-refractivity contribution < 1.29 is 13.2 Å². The van der Waals surface area contributed by atoms with Crippen LogP contribution in [0.1, 0.15) is 36.7 Å². The molecule has 1 heterocycles. The van der Waals surface area contributed by atoms with Crippen LogP contribution in [0.25, 0.3) is 0 Å². The number of benzene rings is 1. The third-order valence-electron chi connectivity index (χ3n) is 4.44. The van der Waals surface area contributed by atoms with Gasteiger partial charge in [0.1, 0.15) is 0 Å². The second kappa shape index (κ2) is 8.98. The molecule has 6 nitrogen and oxygen atoms in total. The number of carbonyl (C=O) groups is 1. The van der Waals surface area contributed by atoms with Crippen molar-refractivity contribution in [2.75, 3.05) is 32.7 Å². The van der Waals surface area contributed by atoms with Crippen molar-refractivity contribution >= 4 is 28.3 Å². The lowest BCUT2D eigenvalue weighted by Gasteiger charge is -2.32. The van der Waals surface area contributed by atoms with Crippen LogP contribution >= 0.6 is 12.4 Å². The summed E-state index contributed by atoms with van der Waals surface area (Å²) in [4.78, 5) is 14.8. The lowest BCUT2D eigenvalue weighted by atomic mass is 10.1. The molecule has 1 atom stereocenters. The average Bonchev–Trinajstić information content (AvgIpc) is 2.55. The van der Waals surface area contributed by atoms with Gasteiger partial charge in [0.25, 0.3) is 5.91 Å². The molecule has 8 heteroatoms. The van der Waals surface area contributed by atoms with E-state index in [9.17, 15) is 13.2 Å². The normalized spacial score (nSPS) is 18.1. The van der Waals surface area contributed by atoms with Crippen LogP contribution in [-0.2, 0) is 10.0 Å². The van der Waals surface area contributed by atoms with Gasteiger partial charge < -0.3 is 10.2 Å². The monoisotopic (exact) mass is 389 g/mol. The maximum absolute atomic E-state index is 12.8. The van der Waals surface area contributed by atoms with Crippen LogP contribution in [0, 0.1) is 6.92 Å². The molecule has 0 saturated carbocycles. The first-order valence-electron chi connectivity index (χ1n) is 8.44. The third-order valence-corrected chi connectivity index (χ3v) is 6.48. The van der Waals surface area contributed by atoms with Gasteiger partial charge in [-0.15, -0.1) is 12.4 Å². The zero-order valence-electron chi connectivity index (χ0n) is 15.3. The van der Waals surface area contributed by atoms with E-state index in [1.165, 1.54) is 10.4 Å². The second-order valence-electron chi connectivity index (χ2n) is 6.17. The molecule has 1 saturated heterocycles. The summed E-state index contributed by atoms with van der Waals surface area (Å²) in [5, 5.41) is 3.30. The molecule has 1 N–H and O–H groups in total. The van der Waals surface area contributed by atoms with Crippen molar-refractivity contribution in [3.8, 4) is 0 Å². The highest BCUT2D eigenvalue weighted by Crippen LogP contribution is 2.21. The Morgan fingerprint density at radius 3 is 2.52 bits per heavy atom. The van der Waals surface area contributed by atoms with Crippen LogP contribution in [0.4, 0.5) is 0 Å². The van der Waals surface area contributed by atoms with Crippen molar-refractivity contribution in [3.63, 3.8) is 0 Å². The van der Waals surface area contributed by atoms with Crippen LogP contribution < -0.4 is 5.32 Å². The number of nitrogens with one attached hydrogen (secondary N) is 1. The molecule has 1 aromatic rings. The minimum Gasteiger partial charge on any atom is -0.336 e. The fraction of sp³-hybridized carbons (Fsp3) is 0.588. The van der Waals surface area contributed by atoms with Crippen molar-refractivity contribution in [3.05, 3.63) is 29.3 Å². The molecule has 1 fully saturated rings. The highest BCUT2D eigenvalue weighted by molar-refractivity contribution is 7.89. The number of aryl methyl sites for hydroxylation is 1. The molecule has 1 aliphatic rings. The van der Waals surface area contributed by atoms with Gasteiger partial charge in [0, 0.05) is 44.3 Å². The Kier molecular flexibility index (Phi) is 7.87. The molecule has 2 rings (SSSR count). The van der Waals surface area contributed by atoms with Gasteiger partial charge in [-0.05, 0) is 31.5 Å². The highest BCUT2D eigenvalue weighted by Gasteiger charge is 2.26. The zero-order chi connectivity index (χ0) is 17.9. The molecule has 0 spiro atoms. The number of piperazine rings is 1. The fourth-order valence-electron chi connectivity index (χ4n) is 2.99. The molecule has 0 aliphatic carbocycles. The molecule has 0 radical (unpaired) electrons. The van der Waals surface area contributed by atoms with Gasteiger partial charge in [0.15, 0.2) is 0 Å². The predicted octanol–water partition coefficient (Wildman–Crippen LogP) is 1.88. The van der Waals surface area contributed by atoms with E-state index >= 15 is 0 Å². The standard InChI is InChI=1S/C17H27N3O3S.ClH/c1-5-20(6-2)24(22,23)15-8-7-13(3)16(11-15)17(21)19-10-9-18-14(4)12-19;/h7-8,11,14,18H,5-6,9-10,12H2,1-4H3;1H. The van der Waals surface area contributed by atoms with E-state index in [1.54, 1.807) is 17.0 Å². The Balaban J connectivity index is 0.00000312. The minimum absolute atomic E-state index is 0. The number of halogens is 1. The first-order valence-corrected chi connectivity index (χ1v) is 9.88. The summed E-state index contributed by atoms with van der Waals surface area (Å²) >= 11 is 0. The molecule has 1 aliphatic heterocycles. The number of hydrogen-bond donors (Lipinski definition) is 1. The molecule has 1 aromatic carbocycles. The Bertz CT molecular complexity index is 705. The van der Waals surface area contributed by atoms with Crippen LogP contribution in [0.3, 0.4) is 0 Å². The summed E-state index contributed by atoms with van der Waals surface area (Å²) in [6.07, 6.45) is 0. The van der Waals surface area contributed by atoms with Gasteiger partial charge in [-0.2, -0.15) is 4.31 Å². The minimum atomic E-state index is -3.57. The van der Waals surface area contributed by atoms with Gasteiger partial charge in [-0.1, -0.05) is 19.9 Å². The summed E-state index contributed by atoms with van der Waals surface area (Å²) in [5.41, 5.74) is 1.27. The van der Waals surface area contributed by atoms with E-state index in [1.807, 2.05) is 27.7 Å². The first-order chi connectivity index (χ1) is 11.3. The van der Waals surface area contributed by atoms with Crippen molar-refractivity contribution in [1.29, 1.82) is 0 Å². The van der Waals surface area contributed by atoms with E-state index in [2.05, 4.69) is 5.32 Å². The van der Waals surface area contributed by atoms with E-state index in [4.69, 9.17) is 0 Å². The maximum atomic E-state index is 12.8. The highest BCUT2D eigenvalue weighted by atomic mass is 35.5. The molecule has 1 amide bonds. The SMILES string of the molecule is CCN(CC)S(=O)(=O)c1ccc(C)c(C(=O)N2CCNC(C)C2)c1.Cl. The number of nitrogens with zero attached hydrogens (tertiary/aromatic N) is 2. The van der Waals surface area contributed by atoms with Crippen molar-refractivity contribution in [2.45, 2.75) is 38.6 Å². The van der Waals surface area contributed by atoms with Crippen LogP contribution in [-0.4, -0.2) is 62.3 Å². The molecular weight excluding hydrogens is 362 g/mol. The lowest BCUT2D eigenvalue weighted by Crippen LogP contribution is -2.51. The van der Waals surface area contributed by atoms with E-state index in [0.717, 1.165) is 12.1 Å². The lowest BCUT2D eigenvalue weighted by molar-refractivity contribution is 0.0708. The van der Waals surface area contributed by atoms with Crippen LogP contribution in [0.15, 0.2) is 23.1 Å². The van der Waals surface area contributed by atoms with Gasteiger partial charge in [-0.25, -0.2) is 8.42 Å². The Labute approximate surface area is 157 Å². The topological polar surface area (TPSA) is 69.7 Å². The number of carbonyl (C=O) groups excluding carboxylic acids is 1. The Morgan fingerprint density at radius 1 is 1.32 bits per heavy atom. The first kappa shape index (κ1) is 21.9. The van der Waals surface area contributed by atoms with E-state index < -0.39 is 10.0 Å². The fourth-order valence-corrected chi connectivity index (χ4v) is 4.48. The summed E-state index contributed by atoms with van der Waals surface area (Å²) in [7, 11) is -3.57. The molecule has 25 heavy (non-hydrogen) atoms. The van der Waals surface area contributed by atoms with Gasteiger partial charge in [-0.3, -0.25) is 4.79 Å². The van der Waals surface area contributed by atoms with Crippen molar-refractivity contribution in [1.82, 2.24) is 14.5 Å². The van der Waals surface area contributed by atoms with Gasteiger partial charge >= 0.3 is 0 Å². The second-order valence-corrected chi connectivity index (χ2v) is 8.11. The van der Waals surface area contributed by atoms with Gasteiger partial charge in [0.05, 0.1) is 4.90 Å². The zero-order valence-corrected chi connectivity index (χ0v) is 16.9. The maximum Gasteiger partial charge on any atom is 0.254 e. The van der Waals surface area contributed by atoms with Crippen LogP contribution in [0.2, 0.25) is 0 Å². The van der Waals surface area contributed by atoms with Gasteiger partial charge in [0.2, 0.25) is 10.0 Å². The van der Waals surface area contributed by atoms with Crippen molar-refractivity contribution in [2.24, 2.45) is 0 Å². The Hall–Kier alpha value is -1.15. The number of rotatable bonds is 5. The third kappa shape index (κ3) is 4.73. The van der Waals surface area contributed by atoms with E-state index in [0.29, 0.717) is 31.7 Å². The summed E-state index contributed by atoms with van der Waals surface area (Å²) in [6.45, 7) is 10.3. The summed E-state index contributed by atoms with van der Waals surface area (Å²) < 4.78 is 26.8. The predicted molar refractivity (Wildman–Crippen MR) is 102 cm³/mol. The smallest absolute Gasteiger partial charge is 0.254 e. The quantitative estimate of drug-likeness (QED) is 0.834. The molecule has 0 bridgehead atoms. The molecule has 0 aromatic heterocycles. The van der Waals surface area contributed by atoms with E-state index in [-0.39, 0.29) is 29.3 Å². The average molecular weight is 390 g/mol.